The van der Waals surface area contributed by atoms with E-state index >= 15 is 0 Å². The summed E-state index contributed by atoms with van der Waals surface area (Å²) in [5.74, 6) is -2.00. The predicted octanol–water partition coefficient (Wildman–Crippen LogP) is 3.25. The third kappa shape index (κ3) is 3.84. The highest BCUT2D eigenvalue weighted by Gasteiger charge is 2.27. The molecule has 28 heavy (non-hydrogen) atoms. The zero-order valence-electron chi connectivity index (χ0n) is 14.7. The Morgan fingerprint density at radius 2 is 1.57 bits per heavy atom. The van der Waals surface area contributed by atoms with Crippen molar-refractivity contribution in [2.75, 3.05) is 10.6 Å². The lowest BCUT2D eigenvalue weighted by atomic mass is 10.1. The Morgan fingerprint density at radius 3 is 2.11 bits per heavy atom. The van der Waals surface area contributed by atoms with Crippen molar-refractivity contribution in [3.05, 3.63) is 70.6 Å². The first kappa shape index (κ1) is 19.4. The zero-order chi connectivity index (χ0) is 20.4. The molecular formula is C19H16F2N4O2S. The van der Waals surface area contributed by atoms with Gasteiger partial charge in [-0.05, 0) is 55.5 Å². The normalized spacial score (nSPS) is 11.8. The van der Waals surface area contributed by atoms with E-state index in [0.29, 0.717) is 5.69 Å². The maximum absolute atomic E-state index is 13.3. The highest BCUT2D eigenvalue weighted by Crippen LogP contribution is 2.35. The van der Waals surface area contributed by atoms with Crippen LogP contribution in [0.1, 0.15) is 22.2 Å². The van der Waals surface area contributed by atoms with Crippen LogP contribution in [0.2, 0.25) is 0 Å². The number of hydrogen-bond acceptors (Lipinski definition) is 6. The second kappa shape index (κ2) is 7.73. The van der Waals surface area contributed by atoms with Crippen LogP contribution in [0.25, 0.3) is 0 Å². The number of nitrogen functional groups attached to an aromatic ring is 1. The molecule has 144 valence electrons. The van der Waals surface area contributed by atoms with Crippen molar-refractivity contribution in [2.24, 2.45) is 5.73 Å². The van der Waals surface area contributed by atoms with Crippen molar-refractivity contribution in [3.63, 3.8) is 0 Å². The van der Waals surface area contributed by atoms with Crippen molar-refractivity contribution >= 4 is 39.7 Å². The van der Waals surface area contributed by atoms with Crippen LogP contribution in [0, 0.1) is 11.6 Å². The van der Waals surface area contributed by atoms with Gasteiger partial charge < -0.3 is 16.4 Å². The number of benzene rings is 2. The van der Waals surface area contributed by atoms with Crippen molar-refractivity contribution in [1.82, 2.24) is 4.98 Å². The van der Waals surface area contributed by atoms with E-state index in [1.807, 2.05) is 0 Å². The number of amides is 1. The summed E-state index contributed by atoms with van der Waals surface area (Å²) < 4.78 is 26.4. The predicted molar refractivity (Wildman–Crippen MR) is 104 cm³/mol. The summed E-state index contributed by atoms with van der Waals surface area (Å²) in [5.41, 5.74) is 12.1. The Labute approximate surface area is 163 Å². The van der Waals surface area contributed by atoms with Gasteiger partial charge >= 0.3 is 0 Å². The Bertz CT molecular complexity index is 1020. The van der Waals surface area contributed by atoms with Crippen LogP contribution in [0.5, 0.6) is 0 Å². The quantitative estimate of drug-likeness (QED) is 0.616. The van der Waals surface area contributed by atoms with Crippen LogP contribution in [-0.4, -0.2) is 22.7 Å². The van der Waals surface area contributed by atoms with E-state index in [2.05, 4.69) is 4.98 Å². The average Bonchev–Trinajstić information content (AvgIpc) is 3.04. The molecule has 0 saturated heterocycles. The van der Waals surface area contributed by atoms with Crippen molar-refractivity contribution in [3.8, 4) is 0 Å². The summed E-state index contributed by atoms with van der Waals surface area (Å²) in [5, 5.41) is 0.251. The van der Waals surface area contributed by atoms with Crippen molar-refractivity contribution < 1.29 is 18.4 Å². The number of ketones is 1. The molecule has 0 bridgehead atoms. The van der Waals surface area contributed by atoms with Crippen molar-refractivity contribution in [2.45, 2.75) is 13.0 Å². The zero-order valence-corrected chi connectivity index (χ0v) is 15.5. The minimum absolute atomic E-state index is 0.0295. The molecule has 0 saturated carbocycles. The average molecular weight is 402 g/mol. The molecule has 1 aromatic heterocycles. The summed E-state index contributed by atoms with van der Waals surface area (Å²) in [7, 11) is 0. The Hall–Kier alpha value is -3.33. The second-order valence-electron chi connectivity index (χ2n) is 5.97. The van der Waals surface area contributed by atoms with E-state index in [4.69, 9.17) is 11.5 Å². The molecule has 0 unspecified atom stereocenters. The number of thiazole rings is 1. The smallest absolute Gasteiger partial charge is 0.240 e. The van der Waals surface area contributed by atoms with Crippen LogP contribution in [0.3, 0.4) is 0 Å². The fourth-order valence-electron chi connectivity index (χ4n) is 2.55. The van der Waals surface area contributed by atoms with Gasteiger partial charge in [0.15, 0.2) is 5.13 Å². The van der Waals surface area contributed by atoms with Crippen LogP contribution >= 0.6 is 11.3 Å². The van der Waals surface area contributed by atoms with Crippen LogP contribution in [0.4, 0.5) is 25.4 Å². The third-order valence-electron chi connectivity index (χ3n) is 4.06. The third-order valence-corrected chi connectivity index (χ3v) is 5.13. The van der Waals surface area contributed by atoms with Crippen LogP contribution in [0.15, 0.2) is 48.5 Å². The lowest BCUT2D eigenvalue weighted by Crippen LogP contribution is -2.39. The summed E-state index contributed by atoms with van der Waals surface area (Å²) in [6.07, 6.45) is 0. The maximum atomic E-state index is 13.3. The number of carbonyl (C=O) groups is 2. The standard InChI is InChI=1S/C19H16F2N4O2S/c1-10(18(23)27)25(14-8-6-13(21)7-9-14)19-24-17(22)16(28-19)15(26)11-2-4-12(20)5-3-11/h2-10H,22H2,1H3,(H2,23,27)/t10-/m1/s1. The molecule has 1 heterocycles. The fourth-order valence-corrected chi connectivity index (χ4v) is 3.60. The first-order valence-corrected chi connectivity index (χ1v) is 9.00. The Morgan fingerprint density at radius 1 is 1.04 bits per heavy atom. The van der Waals surface area contributed by atoms with Crippen molar-refractivity contribution in [1.29, 1.82) is 0 Å². The number of aromatic nitrogens is 1. The number of rotatable bonds is 6. The first-order valence-electron chi connectivity index (χ1n) is 8.18. The highest BCUT2D eigenvalue weighted by molar-refractivity contribution is 7.18. The maximum Gasteiger partial charge on any atom is 0.240 e. The lowest BCUT2D eigenvalue weighted by molar-refractivity contribution is -0.118. The molecular weight excluding hydrogens is 386 g/mol. The Balaban J connectivity index is 2.03. The van der Waals surface area contributed by atoms with Gasteiger partial charge in [0, 0.05) is 11.3 Å². The monoisotopic (exact) mass is 402 g/mol. The molecule has 4 N–H and O–H groups in total. The van der Waals surface area contributed by atoms with Gasteiger partial charge in [-0.15, -0.1) is 0 Å². The van der Waals surface area contributed by atoms with E-state index in [-0.39, 0.29) is 21.4 Å². The van der Waals surface area contributed by atoms with Crippen LogP contribution in [-0.2, 0) is 4.79 Å². The number of hydrogen-bond donors (Lipinski definition) is 2. The number of halogens is 2. The summed E-state index contributed by atoms with van der Waals surface area (Å²) in [6, 6.07) is 9.61. The number of anilines is 3. The highest BCUT2D eigenvalue weighted by atomic mass is 32.1. The topological polar surface area (TPSA) is 102 Å². The largest absolute Gasteiger partial charge is 0.382 e. The van der Waals surface area contributed by atoms with Gasteiger partial charge in [0.1, 0.15) is 28.4 Å². The van der Waals surface area contributed by atoms with Crippen LogP contribution < -0.4 is 16.4 Å². The molecule has 0 aliphatic carbocycles. The molecule has 3 aromatic rings. The minimum Gasteiger partial charge on any atom is -0.382 e. The molecule has 3 rings (SSSR count). The molecule has 0 fully saturated rings. The molecule has 6 nitrogen and oxygen atoms in total. The van der Waals surface area contributed by atoms with E-state index < -0.39 is 29.4 Å². The van der Waals surface area contributed by atoms with E-state index in [1.54, 1.807) is 6.92 Å². The van der Waals surface area contributed by atoms with Gasteiger partial charge in [-0.25, -0.2) is 13.8 Å². The van der Waals surface area contributed by atoms with Gasteiger partial charge in [-0.3, -0.25) is 9.59 Å². The molecule has 1 atom stereocenters. The SMILES string of the molecule is C[C@H](C(N)=O)N(c1ccc(F)cc1)c1nc(N)c(C(=O)c2ccc(F)cc2)s1. The summed E-state index contributed by atoms with van der Waals surface area (Å²) in [4.78, 5) is 30.3. The number of carbonyl (C=O) groups excluding carboxylic acids is 2. The lowest BCUT2D eigenvalue weighted by Gasteiger charge is -2.26. The summed E-state index contributed by atoms with van der Waals surface area (Å²) in [6.45, 7) is 1.56. The molecule has 0 spiro atoms. The molecule has 0 aliphatic heterocycles. The molecule has 9 heteroatoms. The van der Waals surface area contributed by atoms with Gasteiger partial charge in [0.2, 0.25) is 11.7 Å². The van der Waals surface area contributed by atoms with E-state index in [1.165, 1.54) is 53.4 Å². The first-order chi connectivity index (χ1) is 13.3. The molecule has 2 aromatic carbocycles. The van der Waals surface area contributed by atoms with Gasteiger partial charge in [0.25, 0.3) is 0 Å². The molecule has 0 radical (unpaired) electrons. The van der Waals surface area contributed by atoms with E-state index in [9.17, 15) is 18.4 Å². The summed E-state index contributed by atoms with van der Waals surface area (Å²) >= 11 is 0.965. The van der Waals surface area contributed by atoms with Gasteiger partial charge in [-0.2, -0.15) is 0 Å². The fraction of sp³-hybridized carbons (Fsp3) is 0.105. The Kier molecular flexibility index (Phi) is 5.36. The minimum atomic E-state index is -0.829. The molecule has 0 aliphatic rings. The number of primary amides is 1. The second-order valence-corrected chi connectivity index (χ2v) is 6.95. The number of nitrogens with zero attached hydrogens (tertiary/aromatic N) is 2. The van der Waals surface area contributed by atoms with E-state index in [0.717, 1.165) is 11.3 Å². The van der Waals surface area contributed by atoms with Gasteiger partial charge in [-0.1, -0.05) is 11.3 Å². The number of nitrogens with two attached hydrogens (primary N) is 2. The molecule has 1 amide bonds. The van der Waals surface area contributed by atoms with Gasteiger partial charge in [0.05, 0.1) is 0 Å².